The Hall–Kier alpha value is 1.45. The molecule has 0 saturated carbocycles. The van der Waals surface area contributed by atoms with Crippen molar-refractivity contribution in [3.63, 3.8) is 0 Å². The molecule has 3 N–H and O–H groups in total. The molecule has 0 heterocycles. The maximum absolute atomic E-state index is 6.92. The van der Waals surface area contributed by atoms with E-state index in [0.29, 0.717) is 0 Å². The normalized spacial score (nSPS) is 1.50. The third-order valence-corrected chi connectivity index (χ3v) is 0. The van der Waals surface area contributed by atoms with Gasteiger partial charge in [0.1, 0.15) is 0 Å². The molecule has 25 valence electrons. The predicted molar refractivity (Wildman–Crippen MR) is 15.5 cm³/mol. The van der Waals surface area contributed by atoms with E-state index < -0.39 is 0 Å². The van der Waals surface area contributed by atoms with Gasteiger partial charge >= 0.3 is 0 Å². The van der Waals surface area contributed by atoms with E-state index in [1.165, 1.54) is 9.47 Å². The van der Waals surface area contributed by atoms with Gasteiger partial charge in [0, 0.05) is 32.7 Å². The van der Waals surface area contributed by atoms with Crippen LogP contribution in [0.15, 0.2) is 0 Å². The molecule has 0 spiro atoms. The van der Waals surface area contributed by atoms with Crippen LogP contribution < -0.4 is 0 Å². The van der Waals surface area contributed by atoms with E-state index in [2.05, 4.69) is 0 Å². The molecule has 4 heteroatoms. The van der Waals surface area contributed by atoms with E-state index in [0.717, 1.165) is 0 Å². The van der Waals surface area contributed by atoms with Crippen LogP contribution in [0.3, 0.4) is 0 Å². The van der Waals surface area contributed by atoms with Crippen molar-refractivity contribution in [1.82, 2.24) is 0 Å². The fourth-order valence-corrected chi connectivity index (χ4v) is 0. The van der Waals surface area contributed by atoms with Crippen molar-refractivity contribution in [1.29, 1.82) is 0 Å². The van der Waals surface area contributed by atoms with Crippen molar-refractivity contribution < 1.29 is 43.1 Å². The van der Waals surface area contributed by atoms with Crippen molar-refractivity contribution in [3.8, 4) is 0 Å². The molecular formula is H5O2PY. The summed E-state index contributed by atoms with van der Waals surface area (Å²) in [6.07, 6.45) is 0. The second-order valence-electron chi connectivity index (χ2n) is 0. The summed E-state index contributed by atoms with van der Waals surface area (Å²) in [7, 11) is 1.42. The van der Waals surface area contributed by atoms with Gasteiger partial charge in [-0.05, 0) is 9.47 Å². The van der Waals surface area contributed by atoms with Crippen LogP contribution in [0.1, 0.15) is 0 Å². The van der Waals surface area contributed by atoms with Crippen molar-refractivity contribution >= 4 is 9.47 Å². The second-order valence-corrected chi connectivity index (χ2v) is 0. The molecule has 0 aromatic heterocycles. The molecule has 0 aliphatic carbocycles. The van der Waals surface area contributed by atoms with Gasteiger partial charge in [0.2, 0.25) is 0 Å². The topological polar surface area (TPSA) is 51.7 Å². The first-order valence-corrected chi connectivity index (χ1v) is 0.775. The zero-order valence-electron chi connectivity index (χ0n) is 2.10. The number of hydrogen-bond acceptors (Lipinski definition) is 1. The van der Waals surface area contributed by atoms with Crippen LogP contribution in [0.25, 0.3) is 0 Å². The van der Waals surface area contributed by atoms with Crippen LogP contribution in [0.2, 0.25) is 0 Å². The Labute approximate surface area is 52.4 Å². The van der Waals surface area contributed by atoms with Gasteiger partial charge in [-0.15, -0.1) is 0 Å². The van der Waals surface area contributed by atoms with Gasteiger partial charge in [-0.2, -0.15) is 0 Å². The van der Waals surface area contributed by atoms with Crippen LogP contribution in [-0.4, -0.2) is 10.4 Å². The molecule has 1 unspecified atom stereocenters. The maximum Gasteiger partial charge on any atom is 0 e. The first-order valence-electron chi connectivity index (χ1n) is 0.258. The molecule has 0 aliphatic rings. The van der Waals surface area contributed by atoms with Crippen molar-refractivity contribution in [2.75, 3.05) is 0 Å². The second kappa shape index (κ2) is 25.1. The molecule has 0 aromatic carbocycles. The molecule has 0 rings (SSSR count). The molecule has 0 aromatic rings. The summed E-state index contributed by atoms with van der Waals surface area (Å²) in [5.41, 5.74) is 0. The quantitative estimate of drug-likeness (QED) is 0.447. The minimum Gasteiger partial charge on any atom is -0.412 e. The summed E-state index contributed by atoms with van der Waals surface area (Å²) in [6, 6.07) is 0. The Morgan fingerprint density at radius 3 is 1.25 bits per heavy atom. The Bertz CT molecular complexity index is 6.00. The molecule has 0 amide bonds. The first kappa shape index (κ1) is 18.0. The first-order chi connectivity index (χ1) is 1.00. The molecule has 1 radical (unpaired) electrons. The Morgan fingerprint density at radius 2 is 1.25 bits per heavy atom. The van der Waals surface area contributed by atoms with E-state index >= 15 is 0 Å². The predicted octanol–water partition coefficient (Wildman–Crippen LogP) is -1.06. The SMILES string of the molecule is O.OP.[Y]. The zero-order chi connectivity index (χ0) is 2.00. The summed E-state index contributed by atoms with van der Waals surface area (Å²) in [6.45, 7) is 0. The molecule has 4 heavy (non-hydrogen) atoms. The van der Waals surface area contributed by atoms with Crippen LogP contribution in [0.5, 0.6) is 0 Å². The van der Waals surface area contributed by atoms with Gasteiger partial charge in [0.15, 0.2) is 0 Å². The van der Waals surface area contributed by atoms with Crippen LogP contribution in [0, 0.1) is 0 Å². The average Bonchev–Trinajstić information content (AvgIpc) is 1.00. The molecule has 0 bridgehead atoms. The fraction of sp³-hybridized carbons (Fsp3) is 0. The van der Waals surface area contributed by atoms with E-state index in [9.17, 15) is 0 Å². The largest absolute Gasteiger partial charge is 0.412 e. The average molecular weight is 157 g/mol. The third kappa shape index (κ3) is 9.84. The summed E-state index contributed by atoms with van der Waals surface area (Å²) in [5, 5.41) is 0. The summed E-state index contributed by atoms with van der Waals surface area (Å²) in [4.78, 5) is 6.92. The van der Waals surface area contributed by atoms with Gasteiger partial charge in [-0.25, -0.2) is 0 Å². The molecule has 0 aliphatic heterocycles. The molecule has 0 saturated heterocycles. The van der Waals surface area contributed by atoms with Gasteiger partial charge < -0.3 is 10.4 Å². The van der Waals surface area contributed by atoms with Crippen LogP contribution >= 0.6 is 9.47 Å². The third-order valence-electron chi connectivity index (χ3n) is 0. The van der Waals surface area contributed by atoms with E-state index in [1.807, 2.05) is 0 Å². The van der Waals surface area contributed by atoms with Gasteiger partial charge in [-0.3, -0.25) is 0 Å². The number of rotatable bonds is 0. The zero-order valence-corrected chi connectivity index (χ0v) is 6.09. The van der Waals surface area contributed by atoms with E-state index in [1.54, 1.807) is 0 Å². The van der Waals surface area contributed by atoms with Crippen molar-refractivity contribution in [2.24, 2.45) is 0 Å². The minimum atomic E-state index is 0. The van der Waals surface area contributed by atoms with Crippen LogP contribution in [0.4, 0.5) is 0 Å². The molecule has 0 fully saturated rings. The summed E-state index contributed by atoms with van der Waals surface area (Å²) >= 11 is 0. The van der Waals surface area contributed by atoms with Gasteiger partial charge in [-0.1, -0.05) is 0 Å². The van der Waals surface area contributed by atoms with Crippen LogP contribution in [-0.2, 0) is 32.7 Å². The molecular weight excluding hydrogens is 152 g/mol. The summed E-state index contributed by atoms with van der Waals surface area (Å²) in [5.74, 6) is 0. The van der Waals surface area contributed by atoms with E-state index in [-0.39, 0.29) is 38.2 Å². The van der Waals surface area contributed by atoms with Gasteiger partial charge in [0.05, 0.1) is 0 Å². The maximum atomic E-state index is 6.92. The Kier molecular flexibility index (Phi) is 113. The van der Waals surface area contributed by atoms with Gasteiger partial charge in [0.25, 0.3) is 0 Å². The van der Waals surface area contributed by atoms with E-state index in [4.69, 9.17) is 4.89 Å². The monoisotopic (exact) mass is 157 g/mol. The summed E-state index contributed by atoms with van der Waals surface area (Å²) < 4.78 is 0. The van der Waals surface area contributed by atoms with Crippen molar-refractivity contribution in [3.05, 3.63) is 0 Å². The smallest absolute Gasteiger partial charge is 0 e. The molecule has 1 atom stereocenters. The number of hydrogen-bond donors (Lipinski definition) is 1. The Balaban J connectivity index is -0.00000000500. The molecule has 2 nitrogen and oxygen atoms in total. The van der Waals surface area contributed by atoms with Crippen molar-refractivity contribution in [2.45, 2.75) is 0 Å². The standard InChI is InChI=1S/H3OP.H2O.Y/c1-2;;/h1H,2H2;1H2;. The minimum absolute atomic E-state index is 0. The fourth-order valence-electron chi connectivity index (χ4n) is 0. The Morgan fingerprint density at radius 1 is 1.25 bits per heavy atom.